The van der Waals surface area contributed by atoms with Crippen LogP contribution < -0.4 is 9.46 Å². The maximum Gasteiger partial charge on any atom is 0.416 e. The monoisotopic (exact) mass is 577 g/mol. The molecular formula is C24H27BrF3NO5S. The Morgan fingerprint density at radius 1 is 1.17 bits per heavy atom. The maximum absolute atomic E-state index is 13.2. The quantitative estimate of drug-likeness (QED) is 0.325. The van der Waals surface area contributed by atoms with E-state index >= 15 is 0 Å². The predicted octanol–water partition coefficient (Wildman–Crippen LogP) is 5.93. The second kappa shape index (κ2) is 10.5. The van der Waals surface area contributed by atoms with Crippen molar-refractivity contribution in [3.8, 4) is 5.75 Å². The predicted molar refractivity (Wildman–Crippen MR) is 128 cm³/mol. The number of rotatable bonds is 7. The number of carbonyl (C=O) groups is 1. The van der Waals surface area contributed by atoms with Gasteiger partial charge in [0.05, 0.1) is 10.5 Å². The van der Waals surface area contributed by atoms with Crippen molar-refractivity contribution in [3.05, 3.63) is 57.6 Å². The van der Waals surface area contributed by atoms with Crippen LogP contribution >= 0.6 is 15.9 Å². The summed E-state index contributed by atoms with van der Waals surface area (Å²) in [6.07, 6.45) is -2.06. The zero-order valence-electron chi connectivity index (χ0n) is 19.5. The van der Waals surface area contributed by atoms with Crippen LogP contribution in [0.25, 0.3) is 0 Å². The molecule has 1 aliphatic rings. The molecule has 0 aromatic heterocycles. The van der Waals surface area contributed by atoms with Gasteiger partial charge in [-0.25, -0.2) is 13.1 Å². The number of fused-ring (bicyclic) bond motifs is 1. The summed E-state index contributed by atoms with van der Waals surface area (Å²) in [5.41, 5.74) is -0.391. The molecule has 192 valence electrons. The molecule has 35 heavy (non-hydrogen) atoms. The highest BCUT2D eigenvalue weighted by Crippen LogP contribution is 2.37. The maximum atomic E-state index is 13.2. The lowest BCUT2D eigenvalue weighted by Gasteiger charge is -2.26. The Morgan fingerprint density at radius 2 is 1.89 bits per heavy atom. The van der Waals surface area contributed by atoms with Gasteiger partial charge in [-0.3, -0.25) is 4.79 Å². The molecule has 1 atom stereocenters. The average Bonchev–Trinajstić information content (AvgIpc) is 2.92. The fraction of sp³-hybridized carbons (Fsp3) is 0.458. The van der Waals surface area contributed by atoms with Crippen LogP contribution in [0.15, 0.2) is 45.8 Å². The number of sulfonamides is 1. The molecule has 0 aliphatic heterocycles. The number of carbonyl (C=O) groups excluding carboxylic acids is 1. The highest BCUT2D eigenvalue weighted by Gasteiger charge is 2.33. The van der Waals surface area contributed by atoms with E-state index in [1.54, 1.807) is 32.0 Å². The number of benzene rings is 2. The molecule has 11 heteroatoms. The topological polar surface area (TPSA) is 81.7 Å². The van der Waals surface area contributed by atoms with Crippen LogP contribution in [0.5, 0.6) is 5.75 Å². The number of hydrogen-bond donors (Lipinski definition) is 1. The number of hydrogen-bond acceptors (Lipinski definition) is 5. The van der Waals surface area contributed by atoms with Crippen molar-refractivity contribution in [3.63, 3.8) is 0 Å². The standard InChI is InChI=1S/C24H27BrF3NO5S/c1-15(30)34-23(2,3)14-33-22-10-6-8-19-20(22)7-4-5-9-21(19)29-35(31,32)18-12-16(24(26,27)28)11-17(25)13-18/h6,8,10-13,21,29H,4-5,7,9,14H2,1-3H3. The molecule has 1 aliphatic carbocycles. The first-order valence-electron chi connectivity index (χ1n) is 11.0. The van der Waals surface area contributed by atoms with Crippen molar-refractivity contribution in [2.24, 2.45) is 0 Å². The summed E-state index contributed by atoms with van der Waals surface area (Å²) in [6, 6.07) is 7.26. The minimum Gasteiger partial charge on any atom is -0.489 e. The van der Waals surface area contributed by atoms with E-state index < -0.39 is 44.3 Å². The van der Waals surface area contributed by atoms with Crippen LogP contribution in [0.3, 0.4) is 0 Å². The van der Waals surface area contributed by atoms with Crippen LogP contribution in [0, 0.1) is 0 Å². The molecule has 0 saturated heterocycles. The SMILES string of the molecule is CC(=O)OC(C)(C)COc1cccc2c1CCCCC2NS(=O)(=O)c1cc(Br)cc(C(F)(F)F)c1. The highest BCUT2D eigenvalue weighted by molar-refractivity contribution is 9.10. The van der Waals surface area contributed by atoms with Crippen molar-refractivity contribution in [2.75, 3.05) is 6.61 Å². The second-order valence-corrected chi connectivity index (χ2v) is 11.7. The van der Waals surface area contributed by atoms with Crippen LogP contribution in [0.4, 0.5) is 13.2 Å². The molecule has 2 aromatic rings. The first-order valence-corrected chi connectivity index (χ1v) is 13.3. The molecule has 2 aromatic carbocycles. The summed E-state index contributed by atoms with van der Waals surface area (Å²) in [5.74, 6) is 0.122. The Kier molecular flexibility index (Phi) is 8.23. The lowest BCUT2D eigenvalue weighted by atomic mass is 9.99. The van der Waals surface area contributed by atoms with Gasteiger partial charge in [0.2, 0.25) is 10.0 Å². The van der Waals surface area contributed by atoms with E-state index in [1.165, 1.54) is 6.92 Å². The van der Waals surface area contributed by atoms with Crippen LogP contribution in [-0.4, -0.2) is 26.6 Å². The van der Waals surface area contributed by atoms with E-state index in [1.807, 2.05) is 0 Å². The third-order valence-electron chi connectivity index (χ3n) is 5.52. The smallest absolute Gasteiger partial charge is 0.416 e. The summed E-state index contributed by atoms with van der Waals surface area (Å²) >= 11 is 2.98. The van der Waals surface area contributed by atoms with Crippen molar-refractivity contribution in [1.29, 1.82) is 0 Å². The number of nitrogens with one attached hydrogen (secondary N) is 1. The normalized spacial score (nSPS) is 16.8. The van der Waals surface area contributed by atoms with Gasteiger partial charge in [-0.2, -0.15) is 13.2 Å². The van der Waals surface area contributed by atoms with Gasteiger partial charge in [0.25, 0.3) is 0 Å². The van der Waals surface area contributed by atoms with E-state index in [0.717, 1.165) is 24.1 Å². The van der Waals surface area contributed by atoms with Gasteiger partial charge in [0.1, 0.15) is 18.0 Å². The first kappa shape index (κ1) is 27.5. The minimum absolute atomic E-state index is 0.0139. The van der Waals surface area contributed by atoms with Gasteiger partial charge < -0.3 is 9.47 Å². The largest absolute Gasteiger partial charge is 0.489 e. The van der Waals surface area contributed by atoms with Crippen molar-refractivity contribution >= 4 is 31.9 Å². The van der Waals surface area contributed by atoms with Gasteiger partial charge in [0.15, 0.2) is 0 Å². The summed E-state index contributed by atoms with van der Waals surface area (Å²) in [4.78, 5) is 10.9. The molecule has 1 unspecified atom stereocenters. The number of halogens is 4. The fourth-order valence-electron chi connectivity index (χ4n) is 4.05. The molecule has 0 saturated carbocycles. The number of esters is 1. The summed E-state index contributed by atoms with van der Waals surface area (Å²) in [7, 11) is -4.26. The van der Waals surface area contributed by atoms with Gasteiger partial charge >= 0.3 is 12.1 Å². The van der Waals surface area contributed by atoms with Crippen molar-refractivity contribution in [1.82, 2.24) is 4.72 Å². The number of alkyl halides is 3. The van der Waals surface area contributed by atoms with E-state index in [4.69, 9.17) is 9.47 Å². The third-order valence-corrected chi connectivity index (χ3v) is 7.42. The zero-order chi connectivity index (χ0) is 26.0. The average molecular weight is 578 g/mol. The lowest BCUT2D eigenvalue weighted by molar-refractivity contribution is -0.156. The number of ether oxygens (including phenoxy) is 2. The van der Waals surface area contributed by atoms with E-state index in [-0.39, 0.29) is 11.1 Å². The Bertz CT molecular complexity index is 1200. The van der Waals surface area contributed by atoms with Crippen molar-refractivity contribution < 1.29 is 35.9 Å². The Morgan fingerprint density at radius 3 is 2.54 bits per heavy atom. The van der Waals surface area contributed by atoms with E-state index in [9.17, 15) is 26.4 Å². The van der Waals surface area contributed by atoms with Gasteiger partial charge in [-0.05, 0) is 68.5 Å². The second-order valence-electron chi connectivity index (χ2n) is 9.06. The van der Waals surface area contributed by atoms with Gasteiger partial charge in [-0.1, -0.05) is 34.5 Å². The first-order chi connectivity index (χ1) is 16.2. The van der Waals surface area contributed by atoms with E-state index in [2.05, 4.69) is 20.7 Å². The van der Waals surface area contributed by atoms with Gasteiger partial charge in [0, 0.05) is 17.4 Å². The molecule has 0 bridgehead atoms. The van der Waals surface area contributed by atoms with Crippen molar-refractivity contribution in [2.45, 2.75) is 69.2 Å². The lowest BCUT2D eigenvalue weighted by Crippen LogP contribution is -2.34. The summed E-state index contributed by atoms with van der Waals surface area (Å²) in [5, 5.41) is 0. The van der Waals surface area contributed by atoms with Crippen LogP contribution in [0.1, 0.15) is 62.8 Å². The molecule has 0 fully saturated rings. The molecule has 0 amide bonds. The highest BCUT2D eigenvalue weighted by atomic mass is 79.9. The Labute approximate surface area is 211 Å². The molecule has 0 heterocycles. The minimum atomic E-state index is -4.69. The van der Waals surface area contributed by atoms with E-state index in [0.29, 0.717) is 36.6 Å². The van der Waals surface area contributed by atoms with Gasteiger partial charge in [-0.15, -0.1) is 0 Å². The Balaban J connectivity index is 1.90. The molecule has 3 rings (SSSR count). The summed E-state index contributed by atoms with van der Waals surface area (Å²) in [6.45, 7) is 4.86. The zero-order valence-corrected chi connectivity index (χ0v) is 21.9. The molecule has 0 spiro atoms. The van der Waals surface area contributed by atoms with Crippen LogP contribution in [0.2, 0.25) is 0 Å². The van der Waals surface area contributed by atoms with Crippen LogP contribution in [-0.2, 0) is 32.2 Å². The molecule has 6 nitrogen and oxygen atoms in total. The summed E-state index contributed by atoms with van der Waals surface area (Å²) < 4.78 is 79.8. The molecular weight excluding hydrogens is 551 g/mol. The third kappa shape index (κ3) is 7.20. The Hall–Kier alpha value is -2.11. The fourth-order valence-corrected chi connectivity index (χ4v) is 6.01. The molecule has 0 radical (unpaired) electrons. The molecule has 1 N–H and O–H groups in total.